The van der Waals surface area contributed by atoms with Gasteiger partial charge in [-0.15, -0.1) is 0 Å². The summed E-state index contributed by atoms with van der Waals surface area (Å²) >= 11 is 16.5. The Morgan fingerprint density at radius 3 is 2.37 bits per heavy atom. The molecule has 2 atom stereocenters. The molecule has 0 radical (unpaired) electrons. The second-order valence-corrected chi connectivity index (χ2v) is 7.45. The van der Waals surface area contributed by atoms with Crippen LogP contribution < -0.4 is 0 Å². The fourth-order valence-corrected chi connectivity index (χ4v) is 2.14. The minimum atomic E-state index is -1.62. The monoisotopic (exact) mass is 328 g/mol. The highest BCUT2D eigenvalue weighted by Gasteiger charge is 2.61. The lowest BCUT2D eigenvalue weighted by Gasteiger charge is -2.11. The van der Waals surface area contributed by atoms with Crippen LogP contribution in [0.25, 0.3) is 0 Å². The molecular weight excluding hydrogens is 314 g/mol. The van der Waals surface area contributed by atoms with Crippen molar-refractivity contribution in [1.29, 1.82) is 0 Å². The fraction of sp³-hybridized carbons (Fsp3) is 0.667. The van der Waals surface area contributed by atoms with Crippen LogP contribution in [0.3, 0.4) is 0 Å². The summed E-state index contributed by atoms with van der Waals surface area (Å²) in [6.07, 6.45) is 2.95. The van der Waals surface area contributed by atoms with Gasteiger partial charge in [0.05, 0.1) is 13.0 Å². The zero-order valence-corrected chi connectivity index (χ0v) is 13.1. The molecule has 0 aromatic carbocycles. The van der Waals surface area contributed by atoms with E-state index in [1.54, 1.807) is 6.08 Å². The number of methoxy groups -OCH3 is 1. The van der Waals surface area contributed by atoms with Gasteiger partial charge in [-0.2, -0.15) is 0 Å². The van der Waals surface area contributed by atoms with Gasteiger partial charge in [-0.05, 0) is 11.3 Å². The van der Waals surface area contributed by atoms with Gasteiger partial charge in [-0.3, -0.25) is 4.79 Å². The molecule has 7 heteroatoms. The molecule has 0 amide bonds. The minimum Gasteiger partial charge on any atom is -0.466 e. The molecule has 0 bridgehead atoms. The summed E-state index contributed by atoms with van der Waals surface area (Å²) in [5.74, 6) is -1.33. The van der Waals surface area contributed by atoms with Gasteiger partial charge in [0.15, 0.2) is 0 Å². The lowest BCUT2D eigenvalue weighted by Crippen LogP contribution is -2.19. The van der Waals surface area contributed by atoms with Gasteiger partial charge in [-0.25, -0.2) is 4.79 Å². The molecule has 4 nitrogen and oxygen atoms in total. The number of halogens is 3. The second kappa shape index (κ2) is 5.90. The molecule has 1 rings (SSSR count). The van der Waals surface area contributed by atoms with E-state index >= 15 is 0 Å². The van der Waals surface area contributed by atoms with Crippen LogP contribution in [-0.2, 0) is 19.1 Å². The number of allylic oxidation sites excluding steroid dienone is 1. The fourth-order valence-electron chi connectivity index (χ4n) is 1.98. The van der Waals surface area contributed by atoms with Crippen molar-refractivity contribution in [2.75, 3.05) is 13.7 Å². The minimum absolute atomic E-state index is 0.0884. The summed E-state index contributed by atoms with van der Waals surface area (Å²) in [5, 5.41) is 0. The quantitative estimate of drug-likeness (QED) is 0.452. The lowest BCUT2D eigenvalue weighted by molar-refractivity contribution is -0.146. The van der Waals surface area contributed by atoms with Crippen molar-refractivity contribution < 1.29 is 19.1 Å². The molecule has 19 heavy (non-hydrogen) atoms. The highest BCUT2D eigenvalue weighted by molar-refractivity contribution is 6.67. The summed E-state index contributed by atoms with van der Waals surface area (Å²) in [4.78, 5) is 22.9. The van der Waals surface area contributed by atoms with E-state index in [0.717, 1.165) is 0 Å². The molecule has 0 aromatic rings. The maximum absolute atomic E-state index is 11.8. The molecule has 108 valence electrons. The summed E-state index contributed by atoms with van der Waals surface area (Å²) in [5.41, 5.74) is -0.283. The zero-order valence-electron chi connectivity index (χ0n) is 10.8. The van der Waals surface area contributed by atoms with Crippen molar-refractivity contribution in [3.05, 3.63) is 12.2 Å². The standard InChI is InChI=1S/C12H15Cl3O4/c1-11(2)7(4-5-8(16)18-3)9(11)10(17)19-6-12(13,14)15/h4-5,7,9H,6H2,1-3H3/b5-4-. The Bertz CT molecular complexity index is 398. The maximum Gasteiger partial charge on any atom is 0.330 e. The average Bonchev–Trinajstić information content (AvgIpc) is 2.84. The van der Waals surface area contributed by atoms with E-state index < -0.39 is 15.7 Å². The van der Waals surface area contributed by atoms with E-state index in [2.05, 4.69) is 4.74 Å². The number of carbonyl (C=O) groups excluding carboxylic acids is 2. The van der Waals surface area contributed by atoms with Crippen molar-refractivity contribution in [1.82, 2.24) is 0 Å². The van der Waals surface area contributed by atoms with Gasteiger partial charge in [0.25, 0.3) is 0 Å². The smallest absolute Gasteiger partial charge is 0.330 e. The van der Waals surface area contributed by atoms with E-state index in [9.17, 15) is 9.59 Å². The van der Waals surface area contributed by atoms with Gasteiger partial charge in [0, 0.05) is 6.08 Å². The average molecular weight is 330 g/mol. The first-order valence-electron chi connectivity index (χ1n) is 5.59. The van der Waals surface area contributed by atoms with Crippen LogP contribution in [0, 0.1) is 17.3 Å². The Hall–Kier alpha value is -0.450. The molecule has 0 N–H and O–H groups in total. The molecule has 0 aliphatic heterocycles. The number of rotatable bonds is 4. The molecule has 2 unspecified atom stereocenters. The predicted octanol–water partition coefficient (Wildman–Crippen LogP) is 2.90. The van der Waals surface area contributed by atoms with Crippen molar-refractivity contribution in [2.45, 2.75) is 17.6 Å². The Labute approximate surface area is 127 Å². The zero-order chi connectivity index (χ0) is 14.8. The van der Waals surface area contributed by atoms with Crippen LogP contribution in [0.15, 0.2) is 12.2 Å². The lowest BCUT2D eigenvalue weighted by atomic mass is 10.1. The van der Waals surface area contributed by atoms with Crippen LogP contribution in [-0.4, -0.2) is 29.4 Å². The van der Waals surface area contributed by atoms with Gasteiger partial charge < -0.3 is 9.47 Å². The van der Waals surface area contributed by atoms with Crippen LogP contribution >= 0.6 is 34.8 Å². The summed E-state index contributed by atoms with van der Waals surface area (Å²) < 4.78 is 7.82. The van der Waals surface area contributed by atoms with Crippen LogP contribution in [0.4, 0.5) is 0 Å². The number of hydrogen-bond acceptors (Lipinski definition) is 4. The Balaban J connectivity index is 2.57. The topological polar surface area (TPSA) is 52.6 Å². The van der Waals surface area contributed by atoms with Crippen LogP contribution in [0.2, 0.25) is 0 Å². The molecule has 1 saturated carbocycles. The predicted molar refractivity (Wildman–Crippen MR) is 73.2 cm³/mol. The highest BCUT2D eigenvalue weighted by atomic mass is 35.6. The molecule has 1 aliphatic carbocycles. The number of carbonyl (C=O) groups is 2. The Morgan fingerprint density at radius 2 is 1.89 bits per heavy atom. The molecule has 0 spiro atoms. The molecule has 0 saturated heterocycles. The maximum atomic E-state index is 11.8. The second-order valence-electron chi connectivity index (χ2n) is 4.93. The Kier molecular flexibility index (Phi) is 5.15. The van der Waals surface area contributed by atoms with Crippen molar-refractivity contribution in [2.24, 2.45) is 17.3 Å². The van der Waals surface area contributed by atoms with Crippen molar-refractivity contribution in [3.63, 3.8) is 0 Å². The normalized spacial score (nSPS) is 25.2. The number of hydrogen-bond donors (Lipinski definition) is 0. The molecule has 1 fully saturated rings. The van der Waals surface area contributed by atoms with Crippen molar-refractivity contribution >= 4 is 46.7 Å². The number of ether oxygens (including phenoxy) is 2. The number of alkyl halides is 3. The van der Waals surface area contributed by atoms with Crippen molar-refractivity contribution in [3.8, 4) is 0 Å². The van der Waals surface area contributed by atoms with E-state index in [4.69, 9.17) is 39.5 Å². The third kappa shape index (κ3) is 4.55. The third-order valence-electron chi connectivity index (χ3n) is 3.18. The summed E-state index contributed by atoms with van der Waals surface area (Å²) in [7, 11) is 1.29. The van der Waals surface area contributed by atoms with Gasteiger partial charge in [0.2, 0.25) is 3.79 Å². The van der Waals surface area contributed by atoms with Gasteiger partial charge in [0.1, 0.15) is 6.61 Å². The first-order chi connectivity index (χ1) is 8.59. The highest BCUT2D eigenvalue weighted by Crippen LogP contribution is 2.59. The van der Waals surface area contributed by atoms with E-state index in [-0.39, 0.29) is 23.9 Å². The molecule has 0 aromatic heterocycles. The summed E-state index contributed by atoms with van der Waals surface area (Å²) in [6.45, 7) is 3.51. The third-order valence-corrected chi connectivity index (χ3v) is 3.51. The molecule has 1 aliphatic rings. The first-order valence-corrected chi connectivity index (χ1v) is 6.72. The van der Waals surface area contributed by atoms with Gasteiger partial charge >= 0.3 is 11.9 Å². The van der Waals surface area contributed by atoms with Crippen LogP contribution in [0.5, 0.6) is 0 Å². The molecule has 0 heterocycles. The first kappa shape index (κ1) is 16.6. The van der Waals surface area contributed by atoms with E-state index in [1.165, 1.54) is 13.2 Å². The Morgan fingerprint density at radius 1 is 1.32 bits per heavy atom. The van der Waals surface area contributed by atoms with Crippen LogP contribution in [0.1, 0.15) is 13.8 Å². The SMILES string of the molecule is COC(=O)/C=C\C1C(C(=O)OCC(Cl)(Cl)Cl)C1(C)C. The van der Waals surface area contributed by atoms with E-state index in [1.807, 2.05) is 13.8 Å². The molecular formula is C12H15Cl3O4. The van der Waals surface area contributed by atoms with E-state index in [0.29, 0.717) is 0 Å². The van der Waals surface area contributed by atoms with Gasteiger partial charge in [-0.1, -0.05) is 54.7 Å². The summed E-state index contributed by atoms with van der Waals surface area (Å²) in [6, 6.07) is 0. The number of esters is 2. The largest absolute Gasteiger partial charge is 0.466 e.